The van der Waals surface area contributed by atoms with Crippen LogP contribution >= 0.6 is 0 Å². The lowest BCUT2D eigenvalue weighted by Crippen LogP contribution is -2.34. The Morgan fingerprint density at radius 1 is 1.12 bits per heavy atom. The molecular formula is C28H38N4O2. The van der Waals surface area contributed by atoms with Crippen molar-refractivity contribution in [1.82, 2.24) is 15.2 Å². The number of benzene rings is 2. The second-order valence-electron chi connectivity index (χ2n) is 9.20. The van der Waals surface area contributed by atoms with Crippen LogP contribution in [0.1, 0.15) is 42.6 Å². The fourth-order valence-corrected chi connectivity index (χ4v) is 4.95. The summed E-state index contributed by atoms with van der Waals surface area (Å²) >= 11 is 0. The van der Waals surface area contributed by atoms with Crippen LogP contribution in [0, 0.1) is 5.92 Å². The molecule has 4 rings (SSSR count). The molecule has 34 heavy (non-hydrogen) atoms. The second-order valence-corrected chi connectivity index (χ2v) is 9.20. The molecule has 2 heterocycles. The minimum atomic E-state index is -0.0876. The summed E-state index contributed by atoms with van der Waals surface area (Å²) in [5, 5.41) is 4.09. The van der Waals surface area contributed by atoms with Gasteiger partial charge in [-0.3, -0.25) is 4.79 Å². The molecule has 2 aromatic carbocycles. The maximum atomic E-state index is 12.9. The van der Waals surface area contributed by atoms with Crippen molar-refractivity contribution in [2.45, 2.75) is 33.1 Å². The number of anilines is 1. The maximum Gasteiger partial charge on any atom is 0.255 e. The molecule has 0 aliphatic carbocycles. The number of hydrogen-bond donors (Lipinski definition) is 2. The molecule has 3 aromatic rings. The zero-order valence-electron chi connectivity index (χ0n) is 20.8. The highest BCUT2D eigenvalue weighted by Gasteiger charge is 2.22. The van der Waals surface area contributed by atoms with E-state index < -0.39 is 0 Å². The van der Waals surface area contributed by atoms with Crippen molar-refractivity contribution in [2.24, 2.45) is 5.92 Å². The smallest absolute Gasteiger partial charge is 0.255 e. The normalized spacial score (nSPS) is 14.6. The highest BCUT2D eigenvalue weighted by molar-refractivity contribution is 6.01. The predicted octanol–water partition coefficient (Wildman–Crippen LogP) is 4.71. The number of piperidine rings is 1. The van der Waals surface area contributed by atoms with Crippen molar-refractivity contribution >= 4 is 22.6 Å². The van der Waals surface area contributed by atoms with Gasteiger partial charge in [0.05, 0.1) is 18.2 Å². The number of ether oxygens (including phenoxy) is 1. The number of rotatable bonds is 10. The van der Waals surface area contributed by atoms with Crippen LogP contribution < -0.4 is 15.0 Å². The summed E-state index contributed by atoms with van der Waals surface area (Å²) in [6.07, 6.45) is 3.53. The molecular weight excluding hydrogens is 424 g/mol. The third-order valence-corrected chi connectivity index (χ3v) is 7.10. The van der Waals surface area contributed by atoms with E-state index >= 15 is 0 Å². The molecule has 0 atom stereocenters. The Hall–Kier alpha value is -2.99. The first-order valence-electron chi connectivity index (χ1n) is 12.6. The van der Waals surface area contributed by atoms with E-state index in [1.807, 2.05) is 12.1 Å². The monoisotopic (exact) mass is 462 g/mol. The van der Waals surface area contributed by atoms with Crippen LogP contribution in [-0.2, 0) is 6.42 Å². The van der Waals surface area contributed by atoms with Crippen LogP contribution in [0.2, 0.25) is 0 Å². The number of aromatic nitrogens is 1. The van der Waals surface area contributed by atoms with E-state index in [0.29, 0.717) is 17.9 Å². The zero-order chi connectivity index (χ0) is 23.9. The van der Waals surface area contributed by atoms with Gasteiger partial charge in [-0.2, -0.15) is 0 Å². The zero-order valence-corrected chi connectivity index (χ0v) is 20.8. The van der Waals surface area contributed by atoms with E-state index in [4.69, 9.17) is 4.74 Å². The Labute approximate surface area is 203 Å². The van der Waals surface area contributed by atoms with Crippen LogP contribution in [-0.4, -0.2) is 62.2 Å². The standard InChI is InChI=1S/C28H38N4O2/c1-4-31(5-2)16-13-29-28(33)24-18-23-19-27(30-25(23)20-26(24)34-3)32-14-11-22(12-15-32)17-21-9-7-6-8-10-21/h6-10,18-20,22,30H,4-5,11-17H2,1-3H3,(H,29,33). The largest absolute Gasteiger partial charge is 0.496 e. The number of nitrogens with zero attached hydrogens (tertiary/aromatic N) is 2. The van der Waals surface area contributed by atoms with Crippen molar-refractivity contribution in [1.29, 1.82) is 0 Å². The molecule has 1 aliphatic rings. The summed E-state index contributed by atoms with van der Waals surface area (Å²) in [7, 11) is 1.62. The fourth-order valence-electron chi connectivity index (χ4n) is 4.95. The summed E-state index contributed by atoms with van der Waals surface area (Å²) in [5.74, 6) is 2.36. The molecule has 0 bridgehead atoms. The number of nitrogens with one attached hydrogen (secondary N) is 2. The molecule has 1 amide bonds. The minimum Gasteiger partial charge on any atom is -0.496 e. The second kappa shape index (κ2) is 11.4. The Balaban J connectivity index is 1.41. The van der Waals surface area contributed by atoms with Gasteiger partial charge in [0.15, 0.2) is 0 Å². The van der Waals surface area contributed by atoms with Gasteiger partial charge in [-0.1, -0.05) is 44.2 Å². The van der Waals surface area contributed by atoms with Gasteiger partial charge in [0.2, 0.25) is 0 Å². The Morgan fingerprint density at radius 3 is 2.53 bits per heavy atom. The predicted molar refractivity (Wildman–Crippen MR) is 140 cm³/mol. The minimum absolute atomic E-state index is 0.0876. The fraction of sp³-hybridized carbons (Fsp3) is 0.464. The van der Waals surface area contributed by atoms with Crippen molar-refractivity contribution in [2.75, 3.05) is 51.3 Å². The van der Waals surface area contributed by atoms with Gasteiger partial charge < -0.3 is 24.8 Å². The molecule has 1 aliphatic heterocycles. The molecule has 0 saturated carbocycles. The third kappa shape index (κ3) is 5.73. The summed E-state index contributed by atoms with van der Waals surface area (Å²) in [4.78, 5) is 21.2. The maximum absolute atomic E-state index is 12.9. The summed E-state index contributed by atoms with van der Waals surface area (Å²) in [6.45, 7) is 9.79. The molecule has 1 aromatic heterocycles. The number of carbonyl (C=O) groups is 1. The molecule has 6 heteroatoms. The van der Waals surface area contributed by atoms with E-state index in [1.54, 1.807) is 7.11 Å². The Kier molecular flexibility index (Phi) is 8.12. The lowest BCUT2D eigenvalue weighted by Gasteiger charge is -2.32. The van der Waals surface area contributed by atoms with Crippen LogP contribution in [0.15, 0.2) is 48.5 Å². The first-order chi connectivity index (χ1) is 16.6. The van der Waals surface area contributed by atoms with Gasteiger partial charge in [-0.05, 0) is 56.0 Å². The Morgan fingerprint density at radius 2 is 1.85 bits per heavy atom. The molecule has 1 fully saturated rings. The molecule has 2 N–H and O–H groups in total. The number of likely N-dealkylation sites (N-methyl/N-ethyl adjacent to an activating group) is 1. The number of carbonyl (C=O) groups excluding carboxylic acids is 1. The highest BCUT2D eigenvalue weighted by atomic mass is 16.5. The SMILES string of the molecule is CCN(CC)CCNC(=O)c1cc2cc(N3CCC(Cc4ccccc4)CC3)[nH]c2cc1OC. The van der Waals surface area contributed by atoms with Crippen LogP contribution in [0.25, 0.3) is 10.9 Å². The van der Waals surface area contributed by atoms with Crippen molar-refractivity contribution in [3.05, 3.63) is 59.7 Å². The molecule has 182 valence electrons. The molecule has 0 radical (unpaired) electrons. The van der Waals surface area contributed by atoms with Gasteiger partial charge in [-0.15, -0.1) is 0 Å². The number of aromatic amines is 1. The van der Waals surface area contributed by atoms with E-state index in [2.05, 4.69) is 70.3 Å². The highest BCUT2D eigenvalue weighted by Crippen LogP contribution is 2.31. The average molecular weight is 463 g/mol. The lowest BCUT2D eigenvalue weighted by atomic mass is 9.90. The van der Waals surface area contributed by atoms with Gasteiger partial charge in [0.1, 0.15) is 11.6 Å². The van der Waals surface area contributed by atoms with E-state index in [-0.39, 0.29) is 5.91 Å². The van der Waals surface area contributed by atoms with Crippen LogP contribution in [0.4, 0.5) is 5.82 Å². The van der Waals surface area contributed by atoms with E-state index in [1.165, 1.54) is 18.4 Å². The van der Waals surface area contributed by atoms with E-state index in [9.17, 15) is 4.79 Å². The van der Waals surface area contributed by atoms with Crippen molar-refractivity contribution in [3.63, 3.8) is 0 Å². The average Bonchev–Trinajstić information content (AvgIpc) is 3.30. The lowest BCUT2D eigenvalue weighted by molar-refractivity contribution is 0.0946. The summed E-state index contributed by atoms with van der Waals surface area (Å²) < 4.78 is 5.56. The molecule has 1 saturated heterocycles. The third-order valence-electron chi connectivity index (χ3n) is 7.10. The van der Waals surface area contributed by atoms with Crippen molar-refractivity contribution in [3.8, 4) is 5.75 Å². The topological polar surface area (TPSA) is 60.6 Å². The number of hydrogen-bond acceptors (Lipinski definition) is 4. The summed E-state index contributed by atoms with van der Waals surface area (Å²) in [5.41, 5.74) is 3.01. The summed E-state index contributed by atoms with van der Waals surface area (Å²) in [6, 6.07) is 16.9. The van der Waals surface area contributed by atoms with Crippen molar-refractivity contribution < 1.29 is 9.53 Å². The molecule has 0 spiro atoms. The Bertz CT molecular complexity index is 1070. The number of methoxy groups -OCH3 is 1. The van der Waals surface area contributed by atoms with Crippen LogP contribution in [0.3, 0.4) is 0 Å². The van der Waals surface area contributed by atoms with Gasteiger partial charge in [0.25, 0.3) is 5.91 Å². The first-order valence-corrected chi connectivity index (χ1v) is 12.6. The van der Waals surface area contributed by atoms with Gasteiger partial charge in [0, 0.05) is 37.6 Å². The number of amides is 1. The number of fused-ring (bicyclic) bond motifs is 1. The van der Waals surface area contributed by atoms with E-state index in [0.717, 1.165) is 61.8 Å². The van der Waals surface area contributed by atoms with Crippen LogP contribution in [0.5, 0.6) is 5.75 Å². The number of H-pyrrole nitrogens is 1. The quantitative estimate of drug-likeness (QED) is 0.458. The first kappa shape index (κ1) is 24.1. The molecule has 6 nitrogen and oxygen atoms in total. The molecule has 0 unspecified atom stereocenters. The van der Waals surface area contributed by atoms with Gasteiger partial charge in [-0.25, -0.2) is 0 Å². The van der Waals surface area contributed by atoms with Gasteiger partial charge >= 0.3 is 0 Å².